The van der Waals surface area contributed by atoms with E-state index in [0.29, 0.717) is 18.8 Å². The Labute approximate surface area is 239 Å². The summed E-state index contributed by atoms with van der Waals surface area (Å²) in [7, 11) is -7.78. The Hall–Kier alpha value is -2.63. The Kier molecular flexibility index (Phi) is 9.23. The number of sulfonamides is 2. The molecule has 0 saturated carbocycles. The molecule has 1 amide bonds. The molecule has 208 valence electrons. The quantitative estimate of drug-likeness (QED) is 0.353. The van der Waals surface area contributed by atoms with Crippen molar-refractivity contribution in [1.29, 1.82) is 0 Å². The van der Waals surface area contributed by atoms with Gasteiger partial charge in [0.05, 0.1) is 25.5 Å². The third-order valence-corrected chi connectivity index (χ3v) is 10.9. The zero-order chi connectivity index (χ0) is 28.2. The third-order valence-electron chi connectivity index (χ3n) is 6.43. The van der Waals surface area contributed by atoms with Gasteiger partial charge in [-0.1, -0.05) is 53.7 Å². The molecule has 3 aromatic rings. The molecule has 1 aliphatic rings. The van der Waals surface area contributed by atoms with E-state index in [-0.39, 0.29) is 25.5 Å². The molecule has 4 rings (SSSR count). The average Bonchev–Trinajstić information content (AvgIpc) is 3.20. The second-order valence-electron chi connectivity index (χ2n) is 9.31. The minimum Gasteiger partial charge on any atom is -0.325 e. The maximum Gasteiger partial charge on any atom is 0.264 e. The van der Waals surface area contributed by atoms with Crippen LogP contribution in [-0.4, -0.2) is 46.7 Å². The van der Waals surface area contributed by atoms with Gasteiger partial charge in [0, 0.05) is 18.8 Å². The number of anilines is 2. The summed E-state index contributed by atoms with van der Waals surface area (Å²) >= 11 is 12.2. The van der Waals surface area contributed by atoms with E-state index in [4.69, 9.17) is 23.2 Å². The van der Waals surface area contributed by atoms with Crippen LogP contribution < -0.4 is 9.62 Å². The van der Waals surface area contributed by atoms with Gasteiger partial charge in [-0.25, -0.2) is 16.8 Å². The number of carbonyl (C=O) groups is 1. The molecule has 0 aliphatic carbocycles. The van der Waals surface area contributed by atoms with Crippen LogP contribution in [0.2, 0.25) is 10.0 Å². The Bertz CT molecular complexity index is 1540. The van der Waals surface area contributed by atoms with Gasteiger partial charge in [-0.3, -0.25) is 9.10 Å². The molecule has 39 heavy (non-hydrogen) atoms. The number of aryl methyl sites for hydroxylation is 1. The lowest BCUT2D eigenvalue weighted by Gasteiger charge is -2.24. The molecule has 0 unspecified atom stereocenters. The van der Waals surface area contributed by atoms with Crippen LogP contribution in [0.4, 0.5) is 11.4 Å². The van der Waals surface area contributed by atoms with Crippen LogP contribution in [0.25, 0.3) is 0 Å². The highest BCUT2D eigenvalue weighted by Gasteiger charge is 2.28. The first-order valence-corrected chi connectivity index (χ1v) is 16.1. The standard InChI is InChI=1S/C27H29Cl2N3O5S2/c1-20-6-11-24(12-7-20)39(36,37)32(22-10-15-25(28)26(29)18-22)19-27(33)30-21-8-13-23(14-9-21)38(34,35)31-16-4-2-3-5-17-31/h6-15,18H,2-5,16-17,19H2,1H3,(H,30,33). The van der Waals surface area contributed by atoms with Gasteiger partial charge in [-0.05, 0) is 74.4 Å². The van der Waals surface area contributed by atoms with Crippen molar-refractivity contribution in [1.82, 2.24) is 4.31 Å². The van der Waals surface area contributed by atoms with Crippen molar-refractivity contribution < 1.29 is 21.6 Å². The van der Waals surface area contributed by atoms with Gasteiger partial charge in [-0.15, -0.1) is 0 Å². The summed E-state index contributed by atoms with van der Waals surface area (Å²) in [6.45, 7) is 2.26. The van der Waals surface area contributed by atoms with E-state index in [1.807, 2.05) is 6.92 Å². The Balaban J connectivity index is 1.55. The van der Waals surface area contributed by atoms with E-state index in [0.717, 1.165) is 35.6 Å². The van der Waals surface area contributed by atoms with Crippen molar-refractivity contribution in [2.45, 2.75) is 42.4 Å². The van der Waals surface area contributed by atoms with E-state index in [2.05, 4.69) is 5.32 Å². The fourth-order valence-corrected chi connectivity index (χ4v) is 7.49. The molecule has 8 nitrogen and oxygen atoms in total. The normalized spacial score (nSPS) is 14.9. The minimum absolute atomic E-state index is 0.00930. The first kappa shape index (κ1) is 29.4. The molecule has 1 aliphatic heterocycles. The van der Waals surface area contributed by atoms with Crippen molar-refractivity contribution in [2.75, 3.05) is 29.3 Å². The number of benzene rings is 3. The second-order valence-corrected chi connectivity index (χ2v) is 13.9. The third kappa shape index (κ3) is 6.93. The molecule has 0 radical (unpaired) electrons. The van der Waals surface area contributed by atoms with Crippen molar-refractivity contribution in [3.05, 3.63) is 82.3 Å². The zero-order valence-electron chi connectivity index (χ0n) is 21.3. The van der Waals surface area contributed by atoms with Crippen molar-refractivity contribution >= 4 is 60.5 Å². The summed E-state index contributed by atoms with van der Waals surface area (Å²) in [4.78, 5) is 13.2. The molecule has 1 fully saturated rings. The molecular formula is C27H29Cl2N3O5S2. The van der Waals surface area contributed by atoms with Crippen molar-refractivity contribution in [3.63, 3.8) is 0 Å². The van der Waals surface area contributed by atoms with Gasteiger partial charge >= 0.3 is 0 Å². The van der Waals surface area contributed by atoms with E-state index in [1.165, 1.54) is 58.9 Å². The topological polar surface area (TPSA) is 104 Å². The summed E-state index contributed by atoms with van der Waals surface area (Å²) in [5.41, 5.74) is 1.38. The predicted octanol–water partition coefficient (Wildman–Crippen LogP) is 5.70. The number of carbonyl (C=O) groups excluding carboxylic acids is 1. The average molecular weight is 611 g/mol. The van der Waals surface area contributed by atoms with Gasteiger partial charge in [0.2, 0.25) is 15.9 Å². The maximum absolute atomic E-state index is 13.6. The van der Waals surface area contributed by atoms with Crippen LogP contribution in [0.1, 0.15) is 31.2 Å². The number of nitrogens with zero attached hydrogens (tertiary/aromatic N) is 2. The van der Waals surface area contributed by atoms with E-state index < -0.39 is 32.5 Å². The van der Waals surface area contributed by atoms with Gasteiger partial charge in [0.25, 0.3) is 10.0 Å². The van der Waals surface area contributed by atoms with Crippen molar-refractivity contribution in [3.8, 4) is 0 Å². The summed E-state index contributed by atoms with van der Waals surface area (Å²) in [6, 6.07) is 16.4. The SMILES string of the molecule is Cc1ccc(S(=O)(=O)N(CC(=O)Nc2ccc(S(=O)(=O)N3CCCCCC3)cc2)c2ccc(Cl)c(Cl)c2)cc1. The highest BCUT2D eigenvalue weighted by atomic mass is 35.5. The highest BCUT2D eigenvalue weighted by molar-refractivity contribution is 7.92. The lowest BCUT2D eigenvalue weighted by Crippen LogP contribution is -2.38. The lowest BCUT2D eigenvalue weighted by atomic mass is 10.2. The molecule has 3 aromatic carbocycles. The summed E-state index contributed by atoms with van der Waals surface area (Å²) < 4.78 is 55.6. The van der Waals surface area contributed by atoms with Gasteiger partial charge < -0.3 is 5.32 Å². The van der Waals surface area contributed by atoms with Crippen LogP contribution in [0.5, 0.6) is 0 Å². The second kappa shape index (κ2) is 12.3. The van der Waals surface area contributed by atoms with Crippen molar-refractivity contribution in [2.24, 2.45) is 0 Å². The highest BCUT2D eigenvalue weighted by Crippen LogP contribution is 2.31. The fraction of sp³-hybridized carbons (Fsp3) is 0.296. The van der Waals surface area contributed by atoms with Crippen LogP contribution in [0, 0.1) is 6.92 Å². The summed E-state index contributed by atoms with van der Waals surface area (Å²) in [5.74, 6) is -0.625. The fourth-order valence-electron chi connectivity index (χ4n) is 4.26. The largest absolute Gasteiger partial charge is 0.325 e. The Morgan fingerprint density at radius 1 is 0.821 bits per heavy atom. The molecule has 1 heterocycles. The molecule has 0 aromatic heterocycles. The maximum atomic E-state index is 13.6. The van der Waals surface area contributed by atoms with E-state index in [1.54, 1.807) is 12.1 Å². The van der Waals surface area contributed by atoms with E-state index in [9.17, 15) is 21.6 Å². The molecule has 1 saturated heterocycles. The number of halogens is 2. The Morgan fingerprint density at radius 2 is 1.41 bits per heavy atom. The first-order chi connectivity index (χ1) is 18.5. The number of amides is 1. The van der Waals surface area contributed by atoms with Gasteiger partial charge in [-0.2, -0.15) is 4.31 Å². The van der Waals surface area contributed by atoms with Crippen LogP contribution in [0.15, 0.2) is 76.5 Å². The monoisotopic (exact) mass is 609 g/mol. The molecule has 1 N–H and O–H groups in total. The lowest BCUT2D eigenvalue weighted by molar-refractivity contribution is -0.114. The summed E-state index contributed by atoms with van der Waals surface area (Å²) in [5, 5.41) is 3.04. The molecule has 0 bridgehead atoms. The van der Waals surface area contributed by atoms with Gasteiger partial charge in [0.15, 0.2) is 0 Å². The van der Waals surface area contributed by atoms with E-state index >= 15 is 0 Å². The molecular weight excluding hydrogens is 581 g/mol. The predicted molar refractivity (Wildman–Crippen MR) is 154 cm³/mol. The smallest absolute Gasteiger partial charge is 0.264 e. The number of nitrogens with one attached hydrogen (secondary N) is 1. The molecule has 0 spiro atoms. The van der Waals surface area contributed by atoms with Crippen LogP contribution >= 0.6 is 23.2 Å². The number of hydrogen-bond acceptors (Lipinski definition) is 5. The van der Waals surface area contributed by atoms with Crippen LogP contribution in [0.3, 0.4) is 0 Å². The number of rotatable bonds is 8. The van der Waals surface area contributed by atoms with Gasteiger partial charge in [0.1, 0.15) is 6.54 Å². The summed E-state index contributed by atoms with van der Waals surface area (Å²) in [6.07, 6.45) is 3.67. The minimum atomic E-state index is -4.14. The zero-order valence-corrected chi connectivity index (χ0v) is 24.5. The first-order valence-electron chi connectivity index (χ1n) is 12.4. The number of hydrogen-bond donors (Lipinski definition) is 1. The van der Waals surface area contributed by atoms with Crippen LogP contribution in [-0.2, 0) is 24.8 Å². The molecule has 12 heteroatoms. The molecule has 0 atom stereocenters. The Morgan fingerprint density at radius 3 is 2.00 bits per heavy atom.